The van der Waals surface area contributed by atoms with Crippen LogP contribution >= 0.6 is 11.3 Å². The first kappa shape index (κ1) is 17.0. The Labute approximate surface area is 149 Å². The largest absolute Gasteiger partial charge is 0.381 e. The van der Waals surface area contributed by atoms with Gasteiger partial charge in [0.1, 0.15) is 0 Å². The third kappa shape index (κ3) is 3.56. The summed E-state index contributed by atoms with van der Waals surface area (Å²) < 4.78 is 17.7. The molecule has 0 bridgehead atoms. The Morgan fingerprint density at radius 2 is 2.04 bits per heavy atom. The summed E-state index contributed by atoms with van der Waals surface area (Å²) in [7, 11) is 0. The monoisotopic (exact) mass is 351 g/mol. The van der Waals surface area contributed by atoms with E-state index in [1.54, 1.807) is 0 Å². The van der Waals surface area contributed by atoms with Gasteiger partial charge in [-0.05, 0) is 49.1 Å². The smallest absolute Gasteiger partial charge is 0.0985 e. The predicted molar refractivity (Wildman–Crippen MR) is 95.5 cm³/mol. The highest BCUT2D eigenvalue weighted by molar-refractivity contribution is 7.10. The van der Waals surface area contributed by atoms with E-state index >= 15 is 0 Å². The molecule has 0 radical (unpaired) electrons. The predicted octanol–water partition coefficient (Wildman–Crippen LogP) is 3.09. The van der Waals surface area contributed by atoms with Gasteiger partial charge in [0.05, 0.1) is 12.2 Å². The highest BCUT2D eigenvalue weighted by Crippen LogP contribution is 2.41. The SMILES string of the molecule is Cc1ccsc1CN1CC2(C1)OCC[C@@H]2COCC1CCOCC1. The highest BCUT2D eigenvalue weighted by Gasteiger charge is 2.52. The number of ether oxygens (including phenoxy) is 3. The van der Waals surface area contributed by atoms with Crippen LogP contribution in [-0.4, -0.2) is 56.6 Å². The van der Waals surface area contributed by atoms with Gasteiger partial charge < -0.3 is 14.2 Å². The van der Waals surface area contributed by atoms with Gasteiger partial charge in [-0.2, -0.15) is 0 Å². The van der Waals surface area contributed by atoms with Crippen molar-refractivity contribution in [3.8, 4) is 0 Å². The maximum atomic E-state index is 6.17. The lowest BCUT2D eigenvalue weighted by Gasteiger charge is -2.50. The summed E-state index contributed by atoms with van der Waals surface area (Å²) in [6.07, 6.45) is 3.46. The summed E-state index contributed by atoms with van der Waals surface area (Å²) in [4.78, 5) is 4.02. The minimum atomic E-state index is 0.0703. The molecule has 0 aromatic carbocycles. The Hall–Kier alpha value is -0.460. The van der Waals surface area contributed by atoms with Crippen LogP contribution in [0.1, 0.15) is 29.7 Å². The molecule has 3 aliphatic rings. The summed E-state index contributed by atoms with van der Waals surface area (Å²) in [6, 6.07) is 2.22. The molecule has 4 heterocycles. The molecule has 1 atom stereocenters. The molecule has 3 saturated heterocycles. The Bertz CT molecular complexity index is 534. The van der Waals surface area contributed by atoms with E-state index < -0.39 is 0 Å². The Morgan fingerprint density at radius 1 is 1.21 bits per heavy atom. The summed E-state index contributed by atoms with van der Waals surface area (Å²) in [5, 5.41) is 2.19. The molecule has 1 aromatic rings. The Balaban J connectivity index is 1.23. The zero-order chi connectivity index (χ0) is 16.4. The zero-order valence-electron chi connectivity index (χ0n) is 14.7. The van der Waals surface area contributed by atoms with E-state index in [1.165, 1.54) is 10.4 Å². The van der Waals surface area contributed by atoms with Crippen molar-refractivity contribution in [2.75, 3.05) is 46.1 Å². The van der Waals surface area contributed by atoms with Gasteiger partial charge in [-0.3, -0.25) is 4.90 Å². The number of nitrogens with zero attached hydrogens (tertiary/aromatic N) is 1. The van der Waals surface area contributed by atoms with Gasteiger partial charge in [0.25, 0.3) is 0 Å². The molecule has 0 saturated carbocycles. The summed E-state index contributed by atoms with van der Waals surface area (Å²) in [5.74, 6) is 1.26. The van der Waals surface area contributed by atoms with Crippen molar-refractivity contribution >= 4 is 11.3 Å². The number of aryl methyl sites for hydroxylation is 1. The second-order valence-electron chi connectivity index (χ2n) is 7.66. The molecular weight excluding hydrogens is 322 g/mol. The average molecular weight is 352 g/mol. The number of thiophene rings is 1. The molecule has 134 valence electrons. The van der Waals surface area contributed by atoms with E-state index in [1.807, 2.05) is 11.3 Å². The average Bonchev–Trinajstić information content (AvgIpc) is 3.15. The van der Waals surface area contributed by atoms with Gasteiger partial charge in [0.15, 0.2) is 0 Å². The first-order valence-electron chi connectivity index (χ1n) is 9.30. The van der Waals surface area contributed by atoms with Gasteiger partial charge in [-0.25, -0.2) is 0 Å². The van der Waals surface area contributed by atoms with Crippen molar-refractivity contribution in [3.63, 3.8) is 0 Å². The Morgan fingerprint density at radius 3 is 2.79 bits per heavy atom. The van der Waals surface area contributed by atoms with Gasteiger partial charge in [-0.15, -0.1) is 11.3 Å². The lowest BCUT2D eigenvalue weighted by molar-refractivity contribution is -0.147. The van der Waals surface area contributed by atoms with Crippen molar-refractivity contribution in [2.24, 2.45) is 11.8 Å². The first-order valence-corrected chi connectivity index (χ1v) is 10.2. The summed E-state index contributed by atoms with van der Waals surface area (Å²) in [5.41, 5.74) is 1.49. The summed E-state index contributed by atoms with van der Waals surface area (Å²) >= 11 is 1.87. The lowest BCUT2D eigenvalue weighted by Crippen LogP contribution is -2.64. The fourth-order valence-corrected chi connectivity index (χ4v) is 5.20. The van der Waals surface area contributed by atoms with Gasteiger partial charge >= 0.3 is 0 Å². The minimum Gasteiger partial charge on any atom is -0.381 e. The van der Waals surface area contributed by atoms with Crippen LogP contribution in [0.3, 0.4) is 0 Å². The van der Waals surface area contributed by atoms with Gasteiger partial charge in [0.2, 0.25) is 0 Å². The number of hydrogen-bond donors (Lipinski definition) is 0. The quantitative estimate of drug-likeness (QED) is 0.788. The summed E-state index contributed by atoms with van der Waals surface area (Å²) in [6.45, 7) is 9.88. The van der Waals surface area contributed by atoms with Crippen molar-refractivity contribution in [2.45, 2.75) is 38.3 Å². The fraction of sp³-hybridized carbons (Fsp3) is 0.789. The van der Waals surface area contributed by atoms with Crippen LogP contribution in [0, 0.1) is 18.8 Å². The lowest BCUT2D eigenvalue weighted by atomic mass is 9.81. The second kappa shape index (κ2) is 7.42. The van der Waals surface area contributed by atoms with Gasteiger partial charge in [0, 0.05) is 56.9 Å². The van der Waals surface area contributed by atoms with Crippen molar-refractivity contribution in [1.82, 2.24) is 4.90 Å². The van der Waals surface area contributed by atoms with Crippen LogP contribution in [0.5, 0.6) is 0 Å². The molecule has 4 rings (SSSR count). The third-order valence-corrected chi connectivity index (χ3v) is 6.94. The number of likely N-dealkylation sites (tertiary alicyclic amines) is 1. The molecule has 3 aliphatic heterocycles. The highest BCUT2D eigenvalue weighted by atomic mass is 32.1. The maximum Gasteiger partial charge on any atom is 0.0985 e. The minimum absolute atomic E-state index is 0.0703. The molecule has 0 aliphatic carbocycles. The second-order valence-corrected chi connectivity index (χ2v) is 8.66. The maximum absolute atomic E-state index is 6.17. The van der Waals surface area contributed by atoms with Crippen LogP contribution in [0.25, 0.3) is 0 Å². The van der Waals surface area contributed by atoms with Crippen LogP contribution in [0.2, 0.25) is 0 Å². The molecule has 0 unspecified atom stereocenters. The molecule has 5 heteroatoms. The van der Waals surface area contributed by atoms with E-state index in [2.05, 4.69) is 23.3 Å². The van der Waals surface area contributed by atoms with Crippen LogP contribution in [-0.2, 0) is 20.8 Å². The number of rotatable bonds is 6. The van der Waals surface area contributed by atoms with E-state index in [9.17, 15) is 0 Å². The van der Waals surface area contributed by atoms with Crippen LogP contribution in [0.4, 0.5) is 0 Å². The molecule has 3 fully saturated rings. The molecule has 1 aromatic heterocycles. The topological polar surface area (TPSA) is 30.9 Å². The van der Waals surface area contributed by atoms with Crippen molar-refractivity contribution < 1.29 is 14.2 Å². The molecule has 0 amide bonds. The third-order valence-electron chi connectivity index (χ3n) is 5.93. The standard InChI is InChI=1S/C19H29NO3S/c1-15-5-9-24-18(15)10-20-13-19(14-20)17(4-8-23-19)12-22-11-16-2-6-21-7-3-16/h5,9,16-17H,2-4,6-8,10-14H2,1H3/t17-/m1/s1. The molecule has 24 heavy (non-hydrogen) atoms. The Kier molecular flexibility index (Phi) is 5.25. The zero-order valence-corrected chi connectivity index (χ0v) is 15.5. The van der Waals surface area contributed by atoms with Crippen molar-refractivity contribution in [1.29, 1.82) is 0 Å². The van der Waals surface area contributed by atoms with E-state index in [0.717, 1.165) is 71.9 Å². The van der Waals surface area contributed by atoms with Crippen molar-refractivity contribution in [3.05, 3.63) is 21.9 Å². The molecule has 1 spiro atoms. The molecular formula is C19H29NO3S. The van der Waals surface area contributed by atoms with Crippen LogP contribution in [0.15, 0.2) is 11.4 Å². The van der Waals surface area contributed by atoms with E-state index in [0.29, 0.717) is 11.8 Å². The first-order chi connectivity index (χ1) is 11.8. The molecule has 0 N–H and O–H groups in total. The molecule has 4 nitrogen and oxygen atoms in total. The van der Waals surface area contributed by atoms with E-state index in [-0.39, 0.29) is 5.60 Å². The normalized spacial score (nSPS) is 27.6. The van der Waals surface area contributed by atoms with Gasteiger partial charge in [-0.1, -0.05) is 0 Å². The van der Waals surface area contributed by atoms with Crippen LogP contribution < -0.4 is 0 Å². The van der Waals surface area contributed by atoms with E-state index in [4.69, 9.17) is 14.2 Å². The fourth-order valence-electron chi connectivity index (χ4n) is 4.25. The number of hydrogen-bond acceptors (Lipinski definition) is 5.